The highest BCUT2D eigenvalue weighted by molar-refractivity contribution is 6.96. The third-order valence-electron chi connectivity index (χ3n) is 12.9. The first kappa shape index (κ1) is 37.4. The van der Waals surface area contributed by atoms with E-state index in [1.165, 1.54) is 84.3 Å². The van der Waals surface area contributed by atoms with Crippen LogP contribution in [-0.4, -0.2) is 6.71 Å². The van der Waals surface area contributed by atoms with Crippen molar-refractivity contribution in [2.75, 3.05) is 9.80 Å². The van der Waals surface area contributed by atoms with Crippen LogP contribution in [0.1, 0.15) is 113 Å². The quantitative estimate of drug-likeness (QED) is 0.167. The van der Waals surface area contributed by atoms with E-state index in [9.17, 15) is 0 Å². The van der Waals surface area contributed by atoms with E-state index in [2.05, 4.69) is 190 Å². The molecule has 0 amide bonds. The first-order valence-corrected chi connectivity index (χ1v) is 21.0. The number of hydrogen-bond donors (Lipinski definition) is 0. The van der Waals surface area contributed by atoms with Crippen LogP contribution < -0.4 is 20.7 Å². The van der Waals surface area contributed by atoms with E-state index in [0.29, 0.717) is 0 Å². The van der Waals surface area contributed by atoms with Crippen molar-refractivity contribution >= 4 is 62.7 Å². The molecule has 5 aromatic carbocycles. The summed E-state index contributed by atoms with van der Waals surface area (Å²) in [6.45, 7) is 29.7. The molecule has 288 valence electrons. The Bertz CT molecular complexity index is 2630. The van der Waals surface area contributed by atoms with Gasteiger partial charge < -0.3 is 14.2 Å². The minimum Gasteiger partial charge on any atom is -0.460 e. The smallest absolute Gasteiger partial charge is 0.252 e. The normalized spacial score (nSPS) is 15.3. The molecule has 0 saturated heterocycles. The van der Waals surface area contributed by atoms with Crippen LogP contribution in [0.15, 0.2) is 114 Å². The maximum Gasteiger partial charge on any atom is 0.252 e. The molecular formula is C53H57BN2O. The Morgan fingerprint density at radius 3 is 1.77 bits per heavy atom. The van der Waals surface area contributed by atoms with E-state index < -0.39 is 0 Å². The lowest BCUT2D eigenvalue weighted by Gasteiger charge is -2.45. The summed E-state index contributed by atoms with van der Waals surface area (Å²) in [6.07, 6.45) is 5.51. The Morgan fingerprint density at radius 1 is 0.632 bits per heavy atom. The minimum atomic E-state index is -0.0469. The predicted molar refractivity (Wildman–Crippen MR) is 246 cm³/mol. The van der Waals surface area contributed by atoms with Gasteiger partial charge in [-0.25, -0.2) is 0 Å². The predicted octanol–water partition coefficient (Wildman–Crippen LogP) is 13.1. The highest BCUT2D eigenvalue weighted by Gasteiger charge is 2.45. The average molecular weight is 749 g/mol. The molecule has 0 bridgehead atoms. The van der Waals surface area contributed by atoms with Crippen LogP contribution in [-0.2, 0) is 29.1 Å². The molecule has 0 saturated carbocycles. The molecule has 0 fully saturated rings. The number of benzene rings is 5. The third kappa shape index (κ3) is 5.93. The van der Waals surface area contributed by atoms with Gasteiger partial charge in [-0.2, -0.15) is 0 Å². The van der Waals surface area contributed by atoms with Gasteiger partial charge in [0.1, 0.15) is 11.3 Å². The second kappa shape index (κ2) is 12.9. The lowest BCUT2D eigenvalue weighted by atomic mass is 9.32. The second-order valence-corrected chi connectivity index (χ2v) is 19.9. The van der Waals surface area contributed by atoms with E-state index in [0.717, 1.165) is 41.1 Å². The number of allylic oxidation sites excluding steroid dienone is 2. The fraction of sp³-hybridized carbons (Fsp3) is 0.321. The fourth-order valence-corrected chi connectivity index (χ4v) is 9.75. The fourth-order valence-electron chi connectivity index (χ4n) is 9.75. The van der Waals surface area contributed by atoms with E-state index in [1.807, 2.05) is 0 Å². The van der Waals surface area contributed by atoms with Gasteiger partial charge in [-0.15, -0.1) is 0 Å². The summed E-state index contributed by atoms with van der Waals surface area (Å²) in [5.41, 5.74) is 21.2. The van der Waals surface area contributed by atoms with Crippen LogP contribution in [0.5, 0.6) is 0 Å². The molecule has 4 heteroatoms. The molecule has 6 aromatic rings. The maximum atomic E-state index is 6.89. The molecule has 0 spiro atoms. The molecule has 0 radical (unpaired) electrons. The number of hydrogen-bond acceptors (Lipinski definition) is 3. The van der Waals surface area contributed by atoms with E-state index >= 15 is 0 Å². The molecule has 57 heavy (non-hydrogen) atoms. The second-order valence-electron chi connectivity index (χ2n) is 19.9. The van der Waals surface area contributed by atoms with Gasteiger partial charge in [0, 0.05) is 39.4 Å². The summed E-state index contributed by atoms with van der Waals surface area (Å²) in [7, 11) is 0. The van der Waals surface area contributed by atoms with Crippen molar-refractivity contribution in [3.8, 4) is 0 Å². The molecule has 3 aliphatic rings. The van der Waals surface area contributed by atoms with Gasteiger partial charge in [0.25, 0.3) is 6.71 Å². The van der Waals surface area contributed by atoms with Crippen molar-refractivity contribution in [1.82, 2.24) is 0 Å². The standard InChI is InChI=1S/C53H57BN2O/c1-13-42-49(47-33(3)57-50-40-16-14-15-34(40)17-27-41(47)50)56(39-25-20-36(21-26-39)52(7,8)9)46-30-32(2)29-45-48(46)54(42)43-31-37(53(10,11)12)22-28-44(43)55(45)38-23-18-35(19-24-38)51(4,5)6/h13,17-31H,1,14-16H2,2-12H3. The Kier molecular flexibility index (Phi) is 8.46. The summed E-state index contributed by atoms with van der Waals surface area (Å²) in [4.78, 5) is 5.06. The van der Waals surface area contributed by atoms with Gasteiger partial charge in [-0.3, -0.25) is 0 Å². The summed E-state index contributed by atoms with van der Waals surface area (Å²) in [5.74, 6) is 0.951. The first-order chi connectivity index (χ1) is 27.0. The molecule has 1 aromatic heterocycles. The number of rotatable bonds is 4. The Labute approximate surface area is 341 Å². The summed E-state index contributed by atoms with van der Waals surface area (Å²) in [5, 5.41) is 1.19. The van der Waals surface area contributed by atoms with Crippen molar-refractivity contribution in [3.05, 3.63) is 154 Å². The SMILES string of the molecule is C=CC1=C(c2c(C)oc3c4c(ccc23)CCC4)N(c2ccc(C(C)(C)C)cc2)c2cc(C)cc3c2B1c1cc(C(C)(C)C)ccc1N3c1ccc(C(C)(C)C)cc1. The van der Waals surface area contributed by atoms with Crippen LogP contribution in [0.3, 0.4) is 0 Å². The van der Waals surface area contributed by atoms with E-state index in [-0.39, 0.29) is 23.0 Å². The number of nitrogens with zero attached hydrogens (tertiary/aromatic N) is 2. The minimum absolute atomic E-state index is 0.0291. The zero-order valence-corrected chi connectivity index (χ0v) is 35.9. The molecule has 9 rings (SSSR count). The zero-order valence-electron chi connectivity index (χ0n) is 35.9. The van der Waals surface area contributed by atoms with E-state index in [1.54, 1.807) is 0 Å². The molecule has 1 aliphatic carbocycles. The largest absolute Gasteiger partial charge is 0.460 e. The number of furan rings is 1. The van der Waals surface area contributed by atoms with Crippen LogP contribution in [0.25, 0.3) is 16.7 Å². The maximum absolute atomic E-state index is 6.89. The monoisotopic (exact) mass is 748 g/mol. The molecule has 0 unspecified atom stereocenters. The highest BCUT2D eigenvalue weighted by Crippen LogP contribution is 2.50. The van der Waals surface area contributed by atoms with Gasteiger partial charge >= 0.3 is 0 Å². The van der Waals surface area contributed by atoms with Crippen molar-refractivity contribution in [1.29, 1.82) is 0 Å². The van der Waals surface area contributed by atoms with Crippen LogP contribution in [0, 0.1) is 13.8 Å². The Balaban J connectivity index is 1.40. The lowest BCUT2D eigenvalue weighted by Crippen LogP contribution is -2.56. The molecule has 0 N–H and O–H groups in total. The van der Waals surface area contributed by atoms with Gasteiger partial charge in [0.05, 0.1) is 5.70 Å². The average Bonchev–Trinajstić information content (AvgIpc) is 3.77. The number of fused-ring (bicyclic) bond motifs is 5. The van der Waals surface area contributed by atoms with Gasteiger partial charge in [-0.05, 0) is 142 Å². The topological polar surface area (TPSA) is 19.6 Å². The molecule has 2 aliphatic heterocycles. The van der Waals surface area contributed by atoms with E-state index in [4.69, 9.17) is 4.42 Å². The Hall–Kier alpha value is -5.22. The van der Waals surface area contributed by atoms with Crippen molar-refractivity contribution in [3.63, 3.8) is 0 Å². The van der Waals surface area contributed by atoms with Crippen molar-refractivity contribution in [2.45, 2.75) is 112 Å². The van der Waals surface area contributed by atoms with Crippen LogP contribution >= 0.6 is 0 Å². The number of aryl methyl sites for hydroxylation is 4. The first-order valence-electron chi connectivity index (χ1n) is 21.0. The molecular weight excluding hydrogens is 691 g/mol. The number of anilines is 5. The zero-order chi connectivity index (χ0) is 40.3. The highest BCUT2D eigenvalue weighted by atomic mass is 16.3. The lowest BCUT2D eigenvalue weighted by molar-refractivity contribution is 0.573. The summed E-state index contributed by atoms with van der Waals surface area (Å²) >= 11 is 0. The Morgan fingerprint density at radius 2 is 1.19 bits per heavy atom. The summed E-state index contributed by atoms with van der Waals surface area (Å²) < 4.78 is 6.89. The van der Waals surface area contributed by atoms with Gasteiger partial charge in [0.2, 0.25) is 0 Å². The van der Waals surface area contributed by atoms with Crippen LogP contribution in [0.2, 0.25) is 0 Å². The molecule has 3 nitrogen and oxygen atoms in total. The van der Waals surface area contributed by atoms with Crippen molar-refractivity contribution in [2.24, 2.45) is 0 Å². The van der Waals surface area contributed by atoms with Gasteiger partial charge in [0.15, 0.2) is 0 Å². The molecule has 3 heterocycles. The van der Waals surface area contributed by atoms with Gasteiger partial charge in [-0.1, -0.05) is 123 Å². The van der Waals surface area contributed by atoms with Crippen molar-refractivity contribution < 1.29 is 4.42 Å². The molecule has 0 atom stereocenters. The summed E-state index contributed by atoms with van der Waals surface area (Å²) in [6, 6.07) is 35.2. The van der Waals surface area contributed by atoms with Crippen LogP contribution in [0.4, 0.5) is 28.4 Å². The third-order valence-corrected chi connectivity index (χ3v) is 12.9.